The van der Waals surface area contributed by atoms with E-state index >= 15 is 0 Å². The number of halogens is 1. The third-order valence-electron chi connectivity index (χ3n) is 4.10. The zero-order valence-electron chi connectivity index (χ0n) is 13.0. The van der Waals surface area contributed by atoms with Gasteiger partial charge in [-0.3, -0.25) is 4.79 Å². The molecule has 0 saturated carbocycles. The van der Waals surface area contributed by atoms with Gasteiger partial charge in [0.2, 0.25) is 5.88 Å². The Morgan fingerprint density at radius 3 is 2.61 bits per heavy atom. The van der Waals surface area contributed by atoms with Crippen molar-refractivity contribution in [3.8, 4) is 11.6 Å². The predicted octanol–water partition coefficient (Wildman–Crippen LogP) is 4.51. The third-order valence-corrected chi connectivity index (χ3v) is 4.63. The van der Waals surface area contributed by atoms with E-state index in [-0.39, 0.29) is 5.91 Å². The van der Waals surface area contributed by atoms with Crippen LogP contribution in [0.1, 0.15) is 30.1 Å². The average Bonchev–Trinajstić information content (AvgIpc) is 2.57. The van der Waals surface area contributed by atoms with Crippen LogP contribution < -0.4 is 4.74 Å². The number of nitrogens with zero attached hydrogens (tertiary/aromatic N) is 2. The van der Waals surface area contributed by atoms with Gasteiger partial charge in [-0.1, -0.05) is 22.9 Å². The first-order chi connectivity index (χ1) is 11.1. The Balaban J connectivity index is 1.80. The molecule has 1 fully saturated rings. The fraction of sp³-hybridized carbons (Fsp3) is 0.333. The Morgan fingerprint density at radius 2 is 1.91 bits per heavy atom. The maximum absolute atomic E-state index is 12.8. The Hall–Kier alpha value is -1.88. The van der Waals surface area contributed by atoms with Crippen molar-refractivity contribution < 1.29 is 9.53 Å². The molecule has 1 aliphatic heterocycles. The van der Waals surface area contributed by atoms with Crippen molar-refractivity contribution in [3.05, 3.63) is 52.6 Å². The molecule has 23 heavy (non-hydrogen) atoms. The van der Waals surface area contributed by atoms with Crippen molar-refractivity contribution in [3.63, 3.8) is 0 Å². The normalized spacial score (nSPS) is 15.5. The molecule has 0 aliphatic carbocycles. The number of aromatic nitrogens is 1. The molecule has 0 N–H and O–H groups in total. The molecule has 1 amide bonds. The monoisotopic (exact) mass is 374 g/mol. The van der Waals surface area contributed by atoms with Gasteiger partial charge in [-0.05, 0) is 55.2 Å². The number of likely N-dealkylation sites (tertiary alicyclic amines) is 1. The van der Waals surface area contributed by atoms with Gasteiger partial charge in [0.15, 0.2) is 0 Å². The Kier molecular flexibility index (Phi) is 4.96. The van der Waals surface area contributed by atoms with Crippen LogP contribution in [0.3, 0.4) is 0 Å². The van der Waals surface area contributed by atoms with Crippen molar-refractivity contribution in [2.45, 2.75) is 19.8 Å². The van der Waals surface area contributed by atoms with E-state index in [0.29, 0.717) is 23.1 Å². The quantitative estimate of drug-likeness (QED) is 0.793. The number of hydrogen-bond donors (Lipinski definition) is 0. The number of ether oxygens (including phenoxy) is 1. The van der Waals surface area contributed by atoms with E-state index in [1.54, 1.807) is 18.3 Å². The van der Waals surface area contributed by atoms with E-state index in [9.17, 15) is 4.79 Å². The van der Waals surface area contributed by atoms with Crippen molar-refractivity contribution in [2.75, 3.05) is 13.1 Å². The average molecular weight is 375 g/mol. The third kappa shape index (κ3) is 3.91. The number of benzene rings is 1. The minimum absolute atomic E-state index is 0.00267. The van der Waals surface area contributed by atoms with Crippen molar-refractivity contribution in [1.29, 1.82) is 0 Å². The highest BCUT2D eigenvalue weighted by Gasteiger charge is 2.24. The summed E-state index contributed by atoms with van der Waals surface area (Å²) in [6.07, 6.45) is 3.74. The largest absolute Gasteiger partial charge is 0.438 e. The van der Waals surface area contributed by atoms with E-state index in [4.69, 9.17) is 4.74 Å². The summed E-state index contributed by atoms with van der Waals surface area (Å²) in [6, 6.07) is 11.0. The second kappa shape index (κ2) is 7.13. The number of amides is 1. The van der Waals surface area contributed by atoms with E-state index in [0.717, 1.165) is 30.4 Å². The summed E-state index contributed by atoms with van der Waals surface area (Å²) < 4.78 is 6.79. The molecule has 2 aromatic rings. The Morgan fingerprint density at radius 1 is 1.22 bits per heavy atom. The second-order valence-electron chi connectivity index (χ2n) is 5.89. The number of hydrogen-bond acceptors (Lipinski definition) is 3. The van der Waals surface area contributed by atoms with Crippen molar-refractivity contribution >= 4 is 21.8 Å². The molecule has 120 valence electrons. The fourth-order valence-corrected chi connectivity index (χ4v) is 2.90. The molecule has 0 radical (unpaired) electrons. The summed E-state index contributed by atoms with van der Waals surface area (Å²) in [5.41, 5.74) is 0.518. The smallest absolute Gasteiger partial charge is 0.259 e. The molecule has 1 aliphatic rings. The summed E-state index contributed by atoms with van der Waals surface area (Å²) in [6.45, 7) is 3.83. The number of carbonyl (C=O) groups is 1. The molecule has 1 saturated heterocycles. The first-order valence-electron chi connectivity index (χ1n) is 7.81. The van der Waals surface area contributed by atoms with E-state index in [1.165, 1.54) is 0 Å². The molecule has 5 heteroatoms. The fourth-order valence-electron chi connectivity index (χ4n) is 2.63. The first-order valence-corrected chi connectivity index (χ1v) is 8.60. The van der Waals surface area contributed by atoms with E-state index in [1.807, 2.05) is 29.2 Å². The zero-order chi connectivity index (χ0) is 16.2. The number of carbonyl (C=O) groups excluding carboxylic acids is 1. The molecule has 2 heterocycles. The minimum Gasteiger partial charge on any atom is -0.438 e. The number of pyridine rings is 1. The van der Waals surface area contributed by atoms with E-state index < -0.39 is 0 Å². The highest BCUT2D eigenvalue weighted by Crippen LogP contribution is 2.26. The van der Waals surface area contributed by atoms with Crippen LogP contribution in [0.15, 0.2) is 47.1 Å². The lowest BCUT2D eigenvalue weighted by molar-refractivity contribution is 0.0694. The van der Waals surface area contributed by atoms with Gasteiger partial charge < -0.3 is 9.64 Å². The van der Waals surface area contributed by atoms with Gasteiger partial charge in [0, 0.05) is 23.8 Å². The van der Waals surface area contributed by atoms with Crippen LogP contribution >= 0.6 is 15.9 Å². The maximum Gasteiger partial charge on any atom is 0.259 e. The van der Waals surface area contributed by atoms with Crippen LogP contribution in [0.2, 0.25) is 0 Å². The molecule has 0 unspecified atom stereocenters. The maximum atomic E-state index is 12.8. The lowest BCUT2D eigenvalue weighted by Crippen LogP contribution is -2.38. The van der Waals surface area contributed by atoms with E-state index in [2.05, 4.69) is 27.8 Å². The highest BCUT2D eigenvalue weighted by atomic mass is 79.9. The SMILES string of the molecule is CC1CCN(C(=O)c2cccnc2Oc2ccc(Br)cc2)CC1. The highest BCUT2D eigenvalue weighted by molar-refractivity contribution is 9.10. The summed E-state index contributed by atoms with van der Waals surface area (Å²) in [4.78, 5) is 18.9. The van der Waals surface area contributed by atoms with Crippen LogP contribution in [0.5, 0.6) is 11.6 Å². The Labute approximate surface area is 144 Å². The number of piperidine rings is 1. The van der Waals surface area contributed by atoms with Gasteiger partial charge in [0.05, 0.1) is 0 Å². The van der Waals surface area contributed by atoms with Crippen LogP contribution in [0, 0.1) is 5.92 Å². The summed E-state index contributed by atoms with van der Waals surface area (Å²) in [5, 5.41) is 0. The number of rotatable bonds is 3. The van der Waals surface area contributed by atoms with Crippen molar-refractivity contribution in [2.24, 2.45) is 5.92 Å². The summed E-state index contributed by atoms with van der Waals surface area (Å²) in [7, 11) is 0. The van der Waals surface area contributed by atoms with Crippen LogP contribution in [0.25, 0.3) is 0 Å². The second-order valence-corrected chi connectivity index (χ2v) is 6.80. The lowest BCUT2D eigenvalue weighted by atomic mass is 9.99. The molecule has 1 aromatic heterocycles. The molecule has 4 nitrogen and oxygen atoms in total. The molecule has 3 rings (SSSR count). The first kappa shape index (κ1) is 16.0. The molecular formula is C18H19BrN2O2. The van der Waals surface area contributed by atoms with Crippen molar-refractivity contribution in [1.82, 2.24) is 9.88 Å². The van der Waals surface area contributed by atoms with Gasteiger partial charge in [-0.15, -0.1) is 0 Å². The summed E-state index contributed by atoms with van der Waals surface area (Å²) in [5.74, 6) is 1.70. The van der Waals surface area contributed by atoms with Gasteiger partial charge in [-0.2, -0.15) is 0 Å². The van der Waals surface area contributed by atoms with Gasteiger partial charge >= 0.3 is 0 Å². The minimum atomic E-state index is -0.00267. The van der Waals surface area contributed by atoms with Gasteiger partial charge in [0.1, 0.15) is 11.3 Å². The topological polar surface area (TPSA) is 42.4 Å². The lowest BCUT2D eigenvalue weighted by Gasteiger charge is -2.30. The standard InChI is InChI=1S/C18H19BrN2O2/c1-13-8-11-21(12-9-13)18(22)16-3-2-10-20-17(16)23-15-6-4-14(19)5-7-15/h2-7,10,13H,8-9,11-12H2,1H3. The molecule has 0 bridgehead atoms. The summed E-state index contributed by atoms with van der Waals surface area (Å²) >= 11 is 3.39. The molecule has 0 spiro atoms. The van der Waals surface area contributed by atoms with Crippen LogP contribution in [-0.4, -0.2) is 28.9 Å². The van der Waals surface area contributed by atoms with Crippen LogP contribution in [0.4, 0.5) is 0 Å². The zero-order valence-corrected chi connectivity index (χ0v) is 14.6. The Bertz CT molecular complexity index is 680. The van der Waals surface area contributed by atoms with Gasteiger partial charge in [0.25, 0.3) is 5.91 Å². The van der Waals surface area contributed by atoms with Gasteiger partial charge in [-0.25, -0.2) is 4.98 Å². The van der Waals surface area contributed by atoms with Crippen LogP contribution in [-0.2, 0) is 0 Å². The molecule has 0 atom stereocenters. The molecular weight excluding hydrogens is 356 g/mol. The predicted molar refractivity (Wildman–Crippen MR) is 92.8 cm³/mol. The molecule has 1 aromatic carbocycles.